The van der Waals surface area contributed by atoms with E-state index in [1.165, 1.54) is 0 Å². The summed E-state index contributed by atoms with van der Waals surface area (Å²) in [6.07, 6.45) is 3.21. The molecular formula is C13H10BrN5O. The van der Waals surface area contributed by atoms with E-state index < -0.39 is 0 Å². The van der Waals surface area contributed by atoms with E-state index in [0.717, 1.165) is 5.52 Å². The van der Waals surface area contributed by atoms with Gasteiger partial charge < -0.3 is 11.1 Å². The smallest absolute Gasteiger partial charge is 0.276 e. The fourth-order valence-electron chi connectivity index (χ4n) is 1.86. The third kappa shape index (κ3) is 2.23. The Morgan fingerprint density at radius 3 is 3.00 bits per heavy atom. The number of rotatable bonds is 2. The van der Waals surface area contributed by atoms with Crippen LogP contribution in [-0.2, 0) is 0 Å². The number of nitrogen functional groups attached to an aromatic ring is 1. The van der Waals surface area contributed by atoms with Gasteiger partial charge in [0.05, 0.1) is 15.7 Å². The SMILES string of the molecule is Nc1ccc2[nH]nc(C(=O)Nc3ccncc3Br)c2c1. The molecular weight excluding hydrogens is 322 g/mol. The number of fused-ring (bicyclic) bond motifs is 1. The van der Waals surface area contributed by atoms with Gasteiger partial charge in [0.15, 0.2) is 5.69 Å². The van der Waals surface area contributed by atoms with Gasteiger partial charge >= 0.3 is 0 Å². The maximum Gasteiger partial charge on any atom is 0.276 e. The first kappa shape index (κ1) is 12.6. The Balaban J connectivity index is 1.97. The molecule has 0 saturated heterocycles. The van der Waals surface area contributed by atoms with Crippen molar-refractivity contribution >= 4 is 44.1 Å². The van der Waals surface area contributed by atoms with Gasteiger partial charge in [0.1, 0.15) is 0 Å². The van der Waals surface area contributed by atoms with Crippen molar-refractivity contribution in [3.8, 4) is 0 Å². The number of aromatic amines is 1. The minimum absolute atomic E-state index is 0.302. The van der Waals surface area contributed by atoms with Gasteiger partial charge in [-0.25, -0.2) is 0 Å². The minimum Gasteiger partial charge on any atom is -0.399 e. The topological polar surface area (TPSA) is 96.7 Å². The average Bonchev–Trinajstić information content (AvgIpc) is 2.84. The molecule has 0 radical (unpaired) electrons. The summed E-state index contributed by atoms with van der Waals surface area (Å²) in [4.78, 5) is 16.2. The van der Waals surface area contributed by atoms with Crippen LogP contribution < -0.4 is 11.1 Å². The third-order valence-corrected chi connectivity index (χ3v) is 3.45. The van der Waals surface area contributed by atoms with Gasteiger partial charge in [-0.05, 0) is 40.2 Å². The molecule has 0 fully saturated rings. The molecule has 100 valence electrons. The van der Waals surface area contributed by atoms with E-state index in [0.29, 0.717) is 26.9 Å². The largest absolute Gasteiger partial charge is 0.399 e. The molecule has 6 nitrogen and oxygen atoms in total. The predicted molar refractivity (Wildman–Crippen MR) is 80.4 cm³/mol. The molecule has 0 saturated carbocycles. The van der Waals surface area contributed by atoms with E-state index in [9.17, 15) is 4.79 Å². The minimum atomic E-state index is -0.311. The van der Waals surface area contributed by atoms with Crippen molar-refractivity contribution in [3.63, 3.8) is 0 Å². The summed E-state index contributed by atoms with van der Waals surface area (Å²) >= 11 is 3.32. The highest BCUT2D eigenvalue weighted by molar-refractivity contribution is 9.10. The number of hydrogen-bond acceptors (Lipinski definition) is 4. The van der Waals surface area contributed by atoms with Crippen molar-refractivity contribution in [2.45, 2.75) is 0 Å². The maximum absolute atomic E-state index is 12.3. The first-order chi connectivity index (χ1) is 9.65. The van der Waals surface area contributed by atoms with Crippen molar-refractivity contribution in [1.82, 2.24) is 15.2 Å². The Labute approximate surface area is 122 Å². The van der Waals surface area contributed by atoms with Gasteiger partial charge in [-0.2, -0.15) is 5.10 Å². The molecule has 0 aliphatic carbocycles. The second-order valence-electron chi connectivity index (χ2n) is 4.19. The lowest BCUT2D eigenvalue weighted by molar-refractivity contribution is 0.102. The molecule has 1 aromatic carbocycles. The number of nitrogens with zero attached hydrogens (tertiary/aromatic N) is 2. The number of amides is 1. The van der Waals surface area contributed by atoms with E-state index in [-0.39, 0.29) is 5.91 Å². The number of benzene rings is 1. The number of nitrogens with two attached hydrogens (primary N) is 1. The van der Waals surface area contributed by atoms with Gasteiger partial charge in [0.25, 0.3) is 5.91 Å². The highest BCUT2D eigenvalue weighted by Gasteiger charge is 2.15. The number of nitrogens with one attached hydrogen (secondary N) is 2. The zero-order valence-electron chi connectivity index (χ0n) is 10.2. The summed E-state index contributed by atoms with van der Waals surface area (Å²) in [6.45, 7) is 0. The van der Waals surface area contributed by atoms with E-state index in [1.807, 2.05) is 0 Å². The van der Waals surface area contributed by atoms with Gasteiger partial charge in [0.2, 0.25) is 0 Å². The number of hydrogen-bond donors (Lipinski definition) is 3. The molecule has 3 rings (SSSR count). The second-order valence-corrected chi connectivity index (χ2v) is 5.04. The van der Waals surface area contributed by atoms with E-state index in [2.05, 4.69) is 36.4 Å². The highest BCUT2D eigenvalue weighted by atomic mass is 79.9. The average molecular weight is 332 g/mol. The number of anilines is 2. The summed E-state index contributed by atoms with van der Waals surface area (Å²) in [5, 5.41) is 10.3. The molecule has 3 aromatic rings. The predicted octanol–water partition coefficient (Wildman–Crippen LogP) is 2.55. The van der Waals surface area contributed by atoms with Crippen LogP contribution in [0.4, 0.5) is 11.4 Å². The van der Waals surface area contributed by atoms with E-state index in [4.69, 9.17) is 5.73 Å². The van der Waals surface area contributed by atoms with Crippen molar-refractivity contribution in [2.75, 3.05) is 11.1 Å². The van der Waals surface area contributed by atoms with Crippen LogP contribution in [0.5, 0.6) is 0 Å². The Morgan fingerprint density at radius 1 is 1.35 bits per heavy atom. The van der Waals surface area contributed by atoms with Gasteiger partial charge in [-0.1, -0.05) is 0 Å². The van der Waals surface area contributed by atoms with Crippen LogP contribution in [0.15, 0.2) is 41.1 Å². The van der Waals surface area contributed by atoms with Crippen LogP contribution in [0, 0.1) is 0 Å². The van der Waals surface area contributed by atoms with Gasteiger partial charge in [-0.3, -0.25) is 14.9 Å². The Hall–Kier alpha value is -2.41. The molecule has 0 unspecified atom stereocenters. The lowest BCUT2D eigenvalue weighted by Gasteiger charge is -2.05. The molecule has 0 aliphatic heterocycles. The van der Waals surface area contributed by atoms with Crippen LogP contribution in [0.2, 0.25) is 0 Å². The van der Waals surface area contributed by atoms with Crippen molar-refractivity contribution < 1.29 is 4.79 Å². The number of carbonyl (C=O) groups is 1. The third-order valence-electron chi connectivity index (χ3n) is 2.82. The van der Waals surface area contributed by atoms with E-state index in [1.54, 1.807) is 36.7 Å². The lowest BCUT2D eigenvalue weighted by atomic mass is 10.2. The fourth-order valence-corrected chi connectivity index (χ4v) is 2.21. The molecule has 7 heteroatoms. The van der Waals surface area contributed by atoms with Crippen molar-refractivity contribution in [3.05, 3.63) is 46.8 Å². The Bertz CT molecular complexity index is 798. The second kappa shape index (κ2) is 4.93. The molecule has 1 amide bonds. The molecule has 2 aromatic heterocycles. The van der Waals surface area contributed by atoms with Crippen LogP contribution in [0.3, 0.4) is 0 Å². The van der Waals surface area contributed by atoms with Crippen molar-refractivity contribution in [2.24, 2.45) is 0 Å². The molecule has 0 spiro atoms. The lowest BCUT2D eigenvalue weighted by Crippen LogP contribution is -2.13. The van der Waals surface area contributed by atoms with Gasteiger partial charge in [0, 0.05) is 23.5 Å². The summed E-state index contributed by atoms with van der Waals surface area (Å²) in [6, 6.07) is 6.96. The number of carbonyl (C=O) groups excluding carboxylic acids is 1. The summed E-state index contributed by atoms with van der Waals surface area (Å²) in [7, 11) is 0. The number of halogens is 1. The number of aromatic nitrogens is 3. The number of H-pyrrole nitrogens is 1. The van der Waals surface area contributed by atoms with Crippen LogP contribution in [-0.4, -0.2) is 21.1 Å². The van der Waals surface area contributed by atoms with Gasteiger partial charge in [-0.15, -0.1) is 0 Å². The van der Waals surface area contributed by atoms with Crippen LogP contribution >= 0.6 is 15.9 Å². The zero-order valence-corrected chi connectivity index (χ0v) is 11.8. The Morgan fingerprint density at radius 2 is 2.20 bits per heavy atom. The van der Waals surface area contributed by atoms with Crippen LogP contribution in [0.1, 0.15) is 10.5 Å². The molecule has 20 heavy (non-hydrogen) atoms. The number of pyridine rings is 1. The Kier molecular flexibility index (Phi) is 3.11. The quantitative estimate of drug-likeness (QED) is 0.628. The molecule has 4 N–H and O–H groups in total. The first-order valence-electron chi connectivity index (χ1n) is 5.79. The summed E-state index contributed by atoms with van der Waals surface area (Å²) in [5.74, 6) is -0.311. The first-order valence-corrected chi connectivity index (χ1v) is 6.59. The summed E-state index contributed by atoms with van der Waals surface area (Å²) < 4.78 is 0.702. The van der Waals surface area contributed by atoms with E-state index >= 15 is 0 Å². The van der Waals surface area contributed by atoms with Crippen molar-refractivity contribution in [1.29, 1.82) is 0 Å². The zero-order chi connectivity index (χ0) is 14.1. The summed E-state index contributed by atoms with van der Waals surface area (Å²) in [5.41, 5.74) is 8.01. The molecule has 0 bridgehead atoms. The normalized spacial score (nSPS) is 10.7. The monoisotopic (exact) mass is 331 g/mol. The maximum atomic E-state index is 12.3. The molecule has 0 aliphatic rings. The van der Waals surface area contributed by atoms with Crippen LogP contribution in [0.25, 0.3) is 10.9 Å². The standard InChI is InChI=1S/C13H10BrN5O/c14-9-6-16-4-3-11(9)17-13(20)12-8-5-7(15)1-2-10(8)18-19-12/h1-6H,15H2,(H,18,19)(H,16,17,20). The highest BCUT2D eigenvalue weighted by Crippen LogP contribution is 2.23. The molecule has 2 heterocycles. The molecule has 0 atom stereocenters. The fraction of sp³-hybridized carbons (Fsp3) is 0.